The number of ether oxygens (including phenoxy) is 1. The number of hydrogen-bond acceptors (Lipinski definition) is 6. The van der Waals surface area contributed by atoms with Crippen molar-refractivity contribution in [2.75, 3.05) is 12.4 Å². The Morgan fingerprint density at radius 3 is 2.45 bits per heavy atom. The number of rotatable bonds is 6. The predicted molar refractivity (Wildman–Crippen MR) is 157 cm³/mol. The van der Waals surface area contributed by atoms with Crippen molar-refractivity contribution in [1.29, 1.82) is 0 Å². The molecule has 0 unspecified atom stereocenters. The number of methoxy groups -OCH3 is 1. The molecule has 40 heavy (non-hydrogen) atoms. The van der Waals surface area contributed by atoms with Crippen molar-refractivity contribution in [2.24, 2.45) is 0 Å². The Labute approximate surface area is 242 Å². The molecular weight excluding hydrogens is 549 g/mol. The van der Waals surface area contributed by atoms with Crippen LogP contribution in [0.25, 0.3) is 17.0 Å². The second kappa shape index (κ2) is 10.8. The molecule has 1 aliphatic rings. The summed E-state index contributed by atoms with van der Waals surface area (Å²) >= 11 is 12.7. The molecule has 0 saturated heterocycles. The Balaban J connectivity index is 1.38. The van der Waals surface area contributed by atoms with Crippen molar-refractivity contribution in [3.63, 3.8) is 0 Å². The van der Waals surface area contributed by atoms with E-state index in [4.69, 9.17) is 32.5 Å². The molecule has 0 bridgehead atoms. The van der Waals surface area contributed by atoms with E-state index in [-0.39, 0.29) is 22.6 Å². The summed E-state index contributed by atoms with van der Waals surface area (Å²) in [6.07, 6.45) is 2.43. The molecule has 7 nitrogen and oxygen atoms in total. The fraction of sp³-hybridized carbons (Fsp3) is 0.194. The summed E-state index contributed by atoms with van der Waals surface area (Å²) in [4.78, 5) is 26.5. The number of nitrogens with one attached hydrogen (secondary N) is 2. The Morgan fingerprint density at radius 1 is 1.07 bits per heavy atom. The molecule has 0 atom stereocenters. The van der Waals surface area contributed by atoms with Gasteiger partial charge in [-0.25, -0.2) is 0 Å². The van der Waals surface area contributed by atoms with E-state index >= 15 is 0 Å². The fourth-order valence-corrected chi connectivity index (χ4v) is 5.39. The second-order valence-electron chi connectivity index (χ2n) is 10.2. The first-order valence-corrected chi connectivity index (χ1v) is 13.4. The smallest absolute Gasteiger partial charge is 0.261 e. The van der Waals surface area contributed by atoms with Crippen LogP contribution >= 0.6 is 23.2 Å². The minimum Gasteiger partial charge on any atom is -0.497 e. The van der Waals surface area contributed by atoms with Crippen molar-refractivity contribution >= 4 is 46.3 Å². The number of carbonyl (C=O) groups excluding carboxylic acids is 2. The van der Waals surface area contributed by atoms with Crippen LogP contribution in [0.1, 0.15) is 51.5 Å². The van der Waals surface area contributed by atoms with Gasteiger partial charge in [0.1, 0.15) is 22.8 Å². The van der Waals surface area contributed by atoms with Crippen LogP contribution in [0.5, 0.6) is 5.75 Å². The van der Waals surface area contributed by atoms with Crippen LogP contribution in [0.2, 0.25) is 10.0 Å². The molecular formula is C31H27Cl2N3O4. The molecule has 0 aliphatic carbocycles. The van der Waals surface area contributed by atoms with Crippen LogP contribution in [0.3, 0.4) is 0 Å². The van der Waals surface area contributed by atoms with Crippen molar-refractivity contribution in [2.45, 2.75) is 32.7 Å². The Morgan fingerprint density at radius 2 is 1.77 bits per heavy atom. The highest BCUT2D eigenvalue weighted by Crippen LogP contribution is 2.37. The number of halogens is 2. The van der Waals surface area contributed by atoms with Crippen molar-refractivity contribution < 1.29 is 18.8 Å². The molecule has 0 radical (unpaired) electrons. The zero-order valence-electron chi connectivity index (χ0n) is 22.4. The molecule has 2 heterocycles. The molecule has 2 N–H and O–H groups in total. The number of benzene rings is 3. The molecule has 0 fully saturated rings. The normalized spacial score (nSPS) is 14.8. The molecule has 0 saturated carbocycles. The van der Waals surface area contributed by atoms with Gasteiger partial charge < -0.3 is 19.9 Å². The first-order valence-electron chi connectivity index (χ1n) is 12.6. The lowest BCUT2D eigenvalue weighted by Crippen LogP contribution is -2.43. The maximum atomic E-state index is 13.2. The quantitative estimate of drug-likeness (QED) is 0.184. The highest BCUT2D eigenvalue weighted by Gasteiger charge is 2.29. The predicted octanol–water partition coefficient (Wildman–Crippen LogP) is 7.37. The van der Waals surface area contributed by atoms with Crippen LogP contribution in [0.15, 0.2) is 71.3 Å². The third-order valence-corrected chi connectivity index (χ3v) is 7.33. The third kappa shape index (κ3) is 5.48. The van der Waals surface area contributed by atoms with Gasteiger partial charge >= 0.3 is 0 Å². The standard InChI is InChI=1S/C31H27Cl2N3O4/c1-17-27(29(36-40-17)28-23(32)6-5-7-24(28)33)30(38)34-20-11-8-18(9-12-20)26(37)15-25-22-14-21(39-4)13-10-19(22)16-31(2,3)35-25/h5-15,35H,16H2,1-4H3,(H,34,38). The number of nitrogens with zero attached hydrogens (tertiary/aromatic N) is 1. The fourth-order valence-electron chi connectivity index (χ4n) is 4.81. The number of aryl methyl sites for hydroxylation is 1. The molecule has 1 aliphatic heterocycles. The van der Waals surface area contributed by atoms with E-state index in [9.17, 15) is 9.59 Å². The highest BCUT2D eigenvalue weighted by atomic mass is 35.5. The second-order valence-corrected chi connectivity index (χ2v) is 11.0. The zero-order valence-corrected chi connectivity index (χ0v) is 23.9. The van der Waals surface area contributed by atoms with Gasteiger partial charge in [-0.2, -0.15) is 0 Å². The lowest BCUT2D eigenvalue weighted by Gasteiger charge is -2.35. The van der Waals surface area contributed by atoms with Gasteiger partial charge in [0.15, 0.2) is 5.78 Å². The number of allylic oxidation sites excluding steroid dienone is 1. The van der Waals surface area contributed by atoms with Crippen LogP contribution < -0.4 is 15.4 Å². The monoisotopic (exact) mass is 575 g/mol. The summed E-state index contributed by atoms with van der Waals surface area (Å²) in [6, 6.07) is 17.6. The van der Waals surface area contributed by atoms with Gasteiger partial charge in [0.25, 0.3) is 5.91 Å². The molecule has 0 spiro atoms. The SMILES string of the molecule is COc1ccc2c(c1)C(=CC(=O)c1ccc(NC(=O)c3c(-c4c(Cl)cccc4Cl)noc3C)cc1)NC(C)(C)C2. The minimum atomic E-state index is -0.440. The number of carbonyl (C=O) groups is 2. The average molecular weight is 576 g/mol. The minimum absolute atomic E-state index is 0.169. The largest absolute Gasteiger partial charge is 0.497 e. The van der Waals surface area contributed by atoms with Crippen molar-refractivity contribution in [3.8, 4) is 17.0 Å². The van der Waals surface area contributed by atoms with Gasteiger partial charge in [0.2, 0.25) is 0 Å². The van der Waals surface area contributed by atoms with Gasteiger partial charge in [-0.1, -0.05) is 40.5 Å². The van der Waals surface area contributed by atoms with Crippen LogP contribution in [0.4, 0.5) is 5.69 Å². The van der Waals surface area contributed by atoms with Crippen molar-refractivity contribution in [1.82, 2.24) is 10.5 Å². The van der Waals surface area contributed by atoms with Crippen LogP contribution in [0, 0.1) is 6.92 Å². The van der Waals surface area contributed by atoms with E-state index in [0.717, 1.165) is 29.0 Å². The number of anilines is 1. The molecule has 1 amide bonds. The summed E-state index contributed by atoms with van der Waals surface area (Å²) in [6.45, 7) is 5.83. The number of aromatic nitrogens is 1. The first-order chi connectivity index (χ1) is 19.1. The summed E-state index contributed by atoms with van der Waals surface area (Å²) in [7, 11) is 1.62. The maximum Gasteiger partial charge on any atom is 0.261 e. The molecule has 3 aromatic carbocycles. The summed E-state index contributed by atoms with van der Waals surface area (Å²) in [5.41, 5.74) is 4.47. The first kappa shape index (κ1) is 27.5. The molecule has 4 aromatic rings. The van der Waals surface area contributed by atoms with E-state index in [1.54, 1.807) is 62.6 Å². The lowest BCUT2D eigenvalue weighted by molar-refractivity contribution is 0.102. The summed E-state index contributed by atoms with van der Waals surface area (Å²) in [5, 5.41) is 11.1. The Kier molecular flexibility index (Phi) is 7.45. The number of fused-ring (bicyclic) bond motifs is 1. The highest BCUT2D eigenvalue weighted by molar-refractivity contribution is 6.39. The van der Waals surface area contributed by atoms with Crippen LogP contribution in [-0.2, 0) is 6.42 Å². The molecule has 204 valence electrons. The summed E-state index contributed by atoms with van der Waals surface area (Å²) in [5.74, 6) is 0.436. The Hall–Kier alpha value is -4.07. The Bertz CT molecular complexity index is 1640. The number of hydrogen-bond donors (Lipinski definition) is 2. The topological polar surface area (TPSA) is 93.5 Å². The van der Waals surface area contributed by atoms with E-state index < -0.39 is 5.91 Å². The van der Waals surface area contributed by atoms with Gasteiger partial charge in [-0.15, -0.1) is 0 Å². The third-order valence-electron chi connectivity index (χ3n) is 6.70. The van der Waals surface area contributed by atoms with Crippen molar-refractivity contribution in [3.05, 3.63) is 105 Å². The van der Waals surface area contributed by atoms with E-state index in [1.165, 1.54) is 0 Å². The van der Waals surface area contributed by atoms with Gasteiger partial charge in [0, 0.05) is 39.7 Å². The zero-order chi connectivity index (χ0) is 28.6. The van der Waals surface area contributed by atoms with Gasteiger partial charge in [-0.3, -0.25) is 9.59 Å². The molecule has 5 rings (SSSR count). The van der Waals surface area contributed by atoms with Gasteiger partial charge in [-0.05, 0) is 81.3 Å². The van der Waals surface area contributed by atoms with E-state index in [1.807, 2.05) is 18.2 Å². The lowest BCUT2D eigenvalue weighted by atomic mass is 9.85. The summed E-state index contributed by atoms with van der Waals surface area (Å²) < 4.78 is 10.7. The maximum absolute atomic E-state index is 13.2. The van der Waals surface area contributed by atoms with Gasteiger partial charge in [0.05, 0.1) is 17.2 Å². The number of ketones is 1. The van der Waals surface area contributed by atoms with Crippen LogP contribution in [-0.4, -0.2) is 29.5 Å². The molecule has 9 heteroatoms. The number of amides is 1. The average Bonchev–Trinajstić information content (AvgIpc) is 3.29. The molecule has 1 aromatic heterocycles. The van der Waals surface area contributed by atoms with E-state index in [0.29, 0.717) is 32.6 Å². The van der Waals surface area contributed by atoms with E-state index in [2.05, 4.69) is 29.6 Å².